The van der Waals surface area contributed by atoms with Crippen LogP contribution in [0.5, 0.6) is 5.75 Å². The molecule has 1 saturated heterocycles. The monoisotopic (exact) mass is 501 g/mol. The molecule has 2 aromatic rings. The van der Waals surface area contributed by atoms with E-state index in [9.17, 15) is 8.42 Å². The van der Waals surface area contributed by atoms with Gasteiger partial charge in [0, 0.05) is 34.4 Å². The molecule has 8 heteroatoms. The molecule has 27 heavy (non-hydrogen) atoms. The molecule has 0 unspecified atom stereocenters. The van der Waals surface area contributed by atoms with E-state index < -0.39 is 10.0 Å². The zero-order valence-corrected chi connectivity index (χ0v) is 18.5. The number of benzene rings is 2. The largest absolute Gasteiger partial charge is 0.495 e. The highest BCUT2D eigenvalue weighted by atomic mass is 127. The SMILES string of the molecule is COc1ccc(N2C[C@@H](C)N[C@@H](C)C2)cc1NS(=O)(=O)c1ccc(I)cc1. The molecule has 0 saturated carbocycles. The lowest BCUT2D eigenvalue weighted by Crippen LogP contribution is -2.54. The lowest BCUT2D eigenvalue weighted by atomic mass is 10.1. The van der Waals surface area contributed by atoms with Crippen LogP contribution in [0.1, 0.15) is 13.8 Å². The Labute approximate surface area is 174 Å². The number of sulfonamides is 1. The fraction of sp³-hybridized carbons (Fsp3) is 0.368. The molecule has 6 nitrogen and oxygen atoms in total. The van der Waals surface area contributed by atoms with Crippen LogP contribution in [0.4, 0.5) is 11.4 Å². The Bertz CT molecular complexity index is 893. The third kappa shape index (κ3) is 4.85. The summed E-state index contributed by atoms with van der Waals surface area (Å²) in [6.45, 7) is 6.01. The molecule has 2 N–H and O–H groups in total. The molecule has 0 amide bonds. The lowest BCUT2D eigenvalue weighted by molar-refractivity contribution is 0.406. The van der Waals surface area contributed by atoms with Crippen LogP contribution in [0.25, 0.3) is 0 Å². The standard InChI is InChI=1S/C19H24IN3O3S/c1-13-11-23(12-14(2)21-13)16-6-9-19(26-3)18(10-16)22-27(24,25)17-7-4-15(20)5-8-17/h4-10,13-14,21-22H,11-12H2,1-3H3/t13-,14+. The molecule has 1 aliphatic heterocycles. The van der Waals surface area contributed by atoms with Crippen molar-refractivity contribution < 1.29 is 13.2 Å². The summed E-state index contributed by atoms with van der Waals surface area (Å²) in [6, 6.07) is 13.1. The van der Waals surface area contributed by atoms with Crippen LogP contribution < -0.4 is 19.7 Å². The Balaban J connectivity index is 1.91. The number of nitrogens with one attached hydrogen (secondary N) is 2. The average molecular weight is 501 g/mol. The quantitative estimate of drug-likeness (QED) is 0.616. The zero-order chi connectivity index (χ0) is 19.6. The molecular formula is C19H24IN3O3S. The summed E-state index contributed by atoms with van der Waals surface area (Å²) in [7, 11) is -2.16. The van der Waals surface area contributed by atoms with Gasteiger partial charge >= 0.3 is 0 Å². The summed E-state index contributed by atoms with van der Waals surface area (Å²) in [5.41, 5.74) is 1.41. The molecule has 0 radical (unpaired) electrons. The van der Waals surface area contributed by atoms with Gasteiger partial charge in [0.15, 0.2) is 0 Å². The lowest BCUT2D eigenvalue weighted by Gasteiger charge is -2.38. The summed E-state index contributed by atoms with van der Waals surface area (Å²) in [4.78, 5) is 2.48. The summed E-state index contributed by atoms with van der Waals surface area (Å²) >= 11 is 2.15. The van der Waals surface area contributed by atoms with E-state index >= 15 is 0 Å². The highest BCUT2D eigenvalue weighted by Crippen LogP contribution is 2.32. The average Bonchev–Trinajstić information content (AvgIpc) is 2.61. The fourth-order valence-corrected chi connectivity index (χ4v) is 4.75. The van der Waals surface area contributed by atoms with Crippen molar-refractivity contribution >= 4 is 44.0 Å². The van der Waals surface area contributed by atoms with Gasteiger partial charge in [0.2, 0.25) is 0 Å². The van der Waals surface area contributed by atoms with Gasteiger partial charge in [-0.3, -0.25) is 4.72 Å². The zero-order valence-electron chi connectivity index (χ0n) is 15.6. The second-order valence-corrected chi connectivity index (χ2v) is 9.75. The third-order valence-electron chi connectivity index (χ3n) is 4.47. The van der Waals surface area contributed by atoms with E-state index in [0.29, 0.717) is 23.5 Å². The molecule has 0 aromatic heterocycles. The maximum atomic E-state index is 12.8. The molecule has 0 aliphatic carbocycles. The summed E-state index contributed by atoms with van der Waals surface area (Å²) in [5, 5.41) is 3.50. The Morgan fingerprint density at radius 3 is 2.33 bits per heavy atom. The predicted molar refractivity (Wildman–Crippen MR) is 117 cm³/mol. The molecule has 1 aliphatic rings. The van der Waals surface area contributed by atoms with Gasteiger partial charge in [-0.25, -0.2) is 8.42 Å². The molecule has 1 heterocycles. The number of nitrogens with zero attached hydrogens (tertiary/aromatic N) is 1. The minimum Gasteiger partial charge on any atom is -0.495 e. The van der Waals surface area contributed by atoms with Crippen molar-refractivity contribution in [3.05, 3.63) is 46.0 Å². The van der Waals surface area contributed by atoms with E-state index in [1.807, 2.05) is 12.1 Å². The minimum absolute atomic E-state index is 0.222. The molecule has 3 rings (SSSR count). The number of anilines is 2. The summed E-state index contributed by atoms with van der Waals surface area (Å²) < 4.78 is 34.6. The first kappa shape index (κ1) is 20.2. The topological polar surface area (TPSA) is 70.7 Å². The number of halogens is 1. The van der Waals surface area contributed by atoms with Crippen molar-refractivity contribution in [2.75, 3.05) is 29.8 Å². The Hall–Kier alpha value is -1.52. The highest BCUT2D eigenvalue weighted by molar-refractivity contribution is 14.1. The number of hydrogen-bond donors (Lipinski definition) is 2. The predicted octanol–water partition coefficient (Wildman–Crippen LogP) is 3.29. The van der Waals surface area contributed by atoms with Crippen LogP contribution in [0.15, 0.2) is 47.4 Å². The van der Waals surface area contributed by atoms with Crippen molar-refractivity contribution in [3.8, 4) is 5.75 Å². The van der Waals surface area contributed by atoms with Gasteiger partial charge in [-0.05, 0) is 78.9 Å². The normalized spacial score (nSPS) is 20.4. The smallest absolute Gasteiger partial charge is 0.262 e. The Morgan fingerprint density at radius 1 is 1.11 bits per heavy atom. The van der Waals surface area contributed by atoms with Gasteiger partial charge in [0.05, 0.1) is 17.7 Å². The molecule has 146 valence electrons. The molecule has 0 spiro atoms. The second-order valence-electron chi connectivity index (χ2n) is 6.82. The van der Waals surface area contributed by atoms with Gasteiger partial charge in [-0.2, -0.15) is 0 Å². The van der Waals surface area contributed by atoms with Gasteiger partial charge in [-0.15, -0.1) is 0 Å². The summed E-state index contributed by atoms with van der Waals surface area (Å²) in [5.74, 6) is 0.490. The maximum absolute atomic E-state index is 12.8. The van der Waals surface area contributed by atoms with E-state index in [0.717, 1.165) is 22.3 Å². The summed E-state index contributed by atoms with van der Waals surface area (Å²) in [6.07, 6.45) is 0. The second kappa shape index (κ2) is 8.24. The van der Waals surface area contributed by atoms with Crippen LogP contribution in [0.3, 0.4) is 0 Å². The van der Waals surface area contributed by atoms with Crippen molar-refractivity contribution in [1.82, 2.24) is 5.32 Å². The van der Waals surface area contributed by atoms with E-state index in [1.54, 1.807) is 30.3 Å². The van der Waals surface area contributed by atoms with Crippen LogP contribution in [0, 0.1) is 3.57 Å². The van der Waals surface area contributed by atoms with Gasteiger partial charge < -0.3 is 15.0 Å². The molecule has 2 aromatic carbocycles. The minimum atomic E-state index is -3.70. The van der Waals surface area contributed by atoms with Crippen LogP contribution in [-0.2, 0) is 10.0 Å². The first-order valence-electron chi connectivity index (χ1n) is 8.76. The van der Waals surface area contributed by atoms with Gasteiger partial charge in [0.25, 0.3) is 10.0 Å². The van der Waals surface area contributed by atoms with E-state index in [2.05, 4.69) is 51.4 Å². The van der Waals surface area contributed by atoms with Crippen molar-refractivity contribution in [2.45, 2.75) is 30.8 Å². The van der Waals surface area contributed by atoms with Crippen molar-refractivity contribution in [1.29, 1.82) is 0 Å². The van der Waals surface area contributed by atoms with Crippen LogP contribution in [-0.4, -0.2) is 40.7 Å². The molecular weight excluding hydrogens is 477 g/mol. The number of ether oxygens (including phenoxy) is 1. The number of rotatable bonds is 5. The van der Waals surface area contributed by atoms with Crippen molar-refractivity contribution in [2.24, 2.45) is 0 Å². The van der Waals surface area contributed by atoms with E-state index in [4.69, 9.17) is 4.74 Å². The Morgan fingerprint density at radius 2 is 1.74 bits per heavy atom. The maximum Gasteiger partial charge on any atom is 0.262 e. The van der Waals surface area contributed by atoms with Crippen LogP contribution >= 0.6 is 22.6 Å². The van der Waals surface area contributed by atoms with Crippen molar-refractivity contribution in [3.63, 3.8) is 0 Å². The molecule has 0 bridgehead atoms. The Kier molecular flexibility index (Phi) is 6.17. The highest BCUT2D eigenvalue weighted by Gasteiger charge is 2.23. The molecule has 2 atom stereocenters. The fourth-order valence-electron chi connectivity index (χ4n) is 3.33. The van der Waals surface area contributed by atoms with Gasteiger partial charge in [-0.1, -0.05) is 0 Å². The van der Waals surface area contributed by atoms with E-state index in [1.165, 1.54) is 7.11 Å². The van der Waals surface area contributed by atoms with Gasteiger partial charge in [0.1, 0.15) is 5.75 Å². The van der Waals surface area contributed by atoms with Crippen LogP contribution in [0.2, 0.25) is 0 Å². The number of piperazine rings is 1. The first-order chi connectivity index (χ1) is 12.8. The number of methoxy groups -OCH3 is 1. The third-order valence-corrected chi connectivity index (χ3v) is 6.57. The number of hydrogen-bond acceptors (Lipinski definition) is 5. The molecule has 1 fully saturated rings. The first-order valence-corrected chi connectivity index (χ1v) is 11.3. The van der Waals surface area contributed by atoms with E-state index in [-0.39, 0.29) is 4.90 Å².